The first-order chi connectivity index (χ1) is 12.5. The van der Waals surface area contributed by atoms with E-state index in [-0.39, 0.29) is 16.9 Å². The molecule has 0 radical (unpaired) electrons. The summed E-state index contributed by atoms with van der Waals surface area (Å²) in [5.41, 5.74) is 1.44. The number of nitrogens with zero attached hydrogens (tertiary/aromatic N) is 4. The van der Waals surface area contributed by atoms with Crippen molar-refractivity contribution in [3.05, 3.63) is 45.1 Å². The average Bonchev–Trinajstić information content (AvgIpc) is 3.05. The normalized spacial score (nSPS) is 21.0. The Hall–Kier alpha value is -2.15. The smallest absolute Gasteiger partial charge is 0.255 e. The quantitative estimate of drug-likeness (QED) is 0.826. The molecule has 1 spiro atoms. The van der Waals surface area contributed by atoms with E-state index in [2.05, 4.69) is 26.7 Å². The van der Waals surface area contributed by atoms with Crippen LogP contribution in [0.15, 0.2) is 34.0 Å². The molecule has 2 aromatic heterocycles. The minimum atomic E-state index is -0.0295. The van der Waals surface area contributed by atoms with Gasteiger partial charge in [0.05, 0.1) is 6.33 Å². The monoisotopic (exact) mass is 372 g/mol. The number of carbonyl (C=O) groups is 1. The predicted octanol–water partition coefficient (Wildman–Crippen LogP) is 2.25. The van der Waals surface area contributed by atoms with Crippen LogP contribution in [0.25, 0.3) is 0 Å². The van der Waals surface area contributed by atoms with E-state index in [0.29, 0.717) is 12.6 Å². The molecule has 7 heteroatoms. The Morgan fingerprint density at radius 3 is 2.81 bits per heavy atom. The van der Waals surface area contributed by atoms with Crippen molar-refractivity contribution >= 4 is 23.1 Å². The number of aromatic nitrogens is 2. The third-order valence-electron chi connectivity index (χ3n) is 5.91. The van der Waals surface area contributed by atoms with Gasteiger partial charge in [-0.25, -0.2) is 4.98 Å². The van der Waals surface area contributed by atoms with Crippen molar-refractivity contribution in [3.63, 3.8) is 0 Å². The van der Waals surface area contributed by atoms with Gasteiger partial charge in [-0.1, -0.05) is 0 Å². The lowest BCUT2D eigenvalue weighted by atomic mass is 9.92. The van der Waals surface area contributed by atoms with Gasteiger partial charge >= 0.3 is 0 Å². The van der Waals surface area contributed by atoms with Crippen molar-refractivity contribution in [2.24, 2.45) is 12.5 Å². The molecule has 2 aromatic rings. The van der Waals surface area contributed by atoms with Crippen molar-refractivity contribution in [2.75, 3.05) is 18.0 Å². The van der Waals surface area contributed by atoms with Crippen LogP contribution < -0.4 is 10.5 Å². The van der Waals surface area contributed by atoms with Gasteiger partial charge < -0.3 is 14.4 Å². The van der Waals surface area contributed by atoms with Crippen molar-refractivity contribution in [1.29, 1.82) is 0 Å². The van der Waals surface area contributed by atoms with Gasteiger partial charge in [-0.3, -0.25) is 9.59 Å². The predicted molar refractivity (Wildman–Crippen MR) is 102 cm³/mol. The molecule has 138 valence electrons. The summed E-state index contributed by atoms with van der Waals surface area (Å²) in [5, 5.41) is 4.18. The van der Waals surface area contributed by atoms with Gasteiger partial charge in [-0.2, -0.15) is 11.3 Å². The van der Waals surface area contributed by atoms with Crippen molar-refractivity contribution in [3.8, 4) is 0 Å². The second kappa shape index (κ2) is 6.54. The molecule has 4 rings (SSSR count). The average molecular weight is 372 g/mol. The first-order valence-electron chi connectivity index (χ1n) is 9.04. The van der Waals surface area contributed by atoms with Gasteiger partial charge in [0, 0.05) is 45.7 Å². The van der Waals surface area contributed by atoms with E-state index in [9.17, 15) is 9.59 Å². The summed E-state index contributed by atoms with van der Waals surface area (Å²) in [6.45, 7) is 4.17. The van der Waals surface area contributed by atoms with Crippen LogP contribution in [0.3, 0.4) is 0 Å². The van der Waals surface area contributed by atoms with Crippen LogP contribution in [0.1, 0.15) is 31.7 Å². The summed E-state index contributed by atoms with van der Waals surface area (Å²) in [4.78, 5) is 32.7. The molecule has 0 aromatic carbocycles. The summed E-state index contributed by atoms with van der Waals surface area (Å²) in [7, 11) is 1.71. The summed E-state index contributed by atoms with van der Waals surface area (Å²) < 4.78 is 1.49. The summed E-state index contributed by atoms with van der Waals surface area (Å²) in [6, 6.07) is 4.05. The van der Waals surface area contributed by atoms with Gasteiger partial charge in [-0.05, 0) is 47.1 Å². The summed E-state index contributed by atoms with van der Waals surface area (Å²) in [5.74, 6) is 0.926. The standard InChI is InChI=1S/C19H24N4O2S/c1-14(24)23(11-15-3-8-26-12-15)16-10-19(16)4-6-22(7-5-19)17-9-18(25)21(2)13-20-17/h3,8-9,12-13,16H,4-7,10-11H2,1-2H3. The molecule has 2 fully saturated rings. The Morgan fingerprint density at radius 1 is 1.42 bits per heavy atom. The van der Waals surface area contributed by atoms with Gasteiger partial charge in [0.2, 0.25) is 5.91 Å². The molecule has 6 nitrogen and oxygen atoms in total. The van der Waals surface area contributed by atoms with Crippen LogP contribution in [0.2, 0.25) is 0 Å². The second-order valence-electron chi connectivity index (χ2n) is 7.54. The molecule has 1 amide bonds. The molecule has 0 bridgehead atoms. The number of hydrogen-bond donors (Lipinski definition) is 0. The Morgan fingerprint density at radius 2 is 2.19 bits per heavy atom. The summed E-state index contributed by atoms with van der Waals surface area (Å²) in [6.07, 6.45) is 4.76. The van der Waals surface area contributed by atoms with Crippen LogP contribution in [0.5, 0.6) is 0 Å². The zero-order valence-corrected chi connectivity index (χ0v) is 16.0. The minimum Gasteiger partial charge on any atom is -0.356 e. The third kappa shape index (κ3) is 3.16. The highest BCUT2D eigenvalue weighted by Crippen LogP contribution is 2.57. The number of carbonyl (C=O) groups excluding carboxylic acids is 1. The molecule has 1 saturated carbocycles. The highest BCUT2D eigenvalue weighted by Gasteiger charge is 2.58. The Labute approximate surface area is 157 Å². The molecule has 1 saturated heterocycles. The van der Waals surface area contributed by atoms with Crippen molar-refractivity contribution < 1.29 is 4.79 Å². The molecule has 1 atom stereocenters. The fraction of sp³-hybridized carbons (Fsp3) is 0.526. The minimum absolute atomic E-state index is 0.0295. The van der Waals surface area contributed by atoms with Gasteiger partial charge in [0.25, 0.3) is 5.56 Å². The summed E-state index contributed by atoms with van der Waals surface area (Å²) >= 11 is 1.67. The fourth-order valence-corrected chi connectivity index (χ4v) is 4.79. The maximum atomic E-state index is 12.2. The third-order valence-corrected chi connectivity index (χ3v) is 6.64. The Balaban J connectivity index is 1.42. The zero-order chi connectivity index (χ0) is 18.3. The number of aryl methyl sites for hydroxylation is 1. The van der Waals surface area contributed by atoms with E-state index in [1.165, 1.54) is 10.1 Å². The number of thiophene rings is 1. The lowest BCUT2D eigenvalue weighted by Crippen LogP contribution is -2.40. The first kappa shape index (κ1) is 17.3. The maximum Gasteiger partial charge on any atom is 0.255 e. The van der Waals surface area contributed by atoms with Crippen molar-refractivity contribution in [2.45, 2.75) is 38.8 Å². The van der Waals surface area contributed by atoms with E-state index in [1.807, 2.05) is 4.90 Å². The van der Waals surface area contributed by atoms with E-state index in [4.69, 9.17) is 0 Å². The van der Waals surface area contributed by atoms with Crippen LogP contribution >= 0.6 is 11.3 Å². The number of amides is 1. The largest absolute Gasteiger partial charge is 0.356 e. The molecule has 26 heavy (non-hydrogen) atoms. The second-order valence-corrected chi connectivity index (χ2v) is 8.32. The van der Waals surface area contributed by atoms with E-state index < -0.39 is 0 Å². The SMILES string of the molecule is CC(=O)N(Cc1ccsc1)C1CC12CCN(c1cc(=O)n(C)cn1)CC2. The molecule has 0 N–H and O–H groups in total. The highest BCUT2D eigenvalue weighted by atomic mass is 32.1. The lowest BCUT2D eigenvalue weighted by molar-refractivity contribution is -0.130. The number of hydrogen-bond acceptors (Lipinski definition) is 5. The van der Waals surface area contributed by atoms with E-state index >= 15 is 0 Å². The molecule has 3 heterocycles. The lowest BCUT2D eigenvalue weighted by Gasteiger charge is -2.35. The topological polar surface area (TPSA) is 58.4 Å². The van der Waals surface area contributed by atoms with E-state index in [0.717, 1.165) is 38.2 Å². The Bertz CT molecular complexity index is 853. The van der Waals surface area contributed by atoms with Gasteiger partial charge in [0.1, 0.15) is 5.82 Å². The highest BCUT2D eigenvalue weighted by molar-refractivity contribution is 7.07. The number of anilines is 1. The van der Waals surface area contributed by atoms with Crippen LogP contribution in [0.4, 0.5) is 5.82 Å². The molecular weight excluding hydrogens is 348 g/mol. The molecule has 2 aliphatic rings. The maximum absolute atomic E-state index is 12.2. The zero-order valence-electron chi connectivity index (χ0n) is 15.2. The number of rotatable bonds is 4. The first-order valence-corrected chi connectivity index (χ1v) is 9.99. The Kier molecular flexibility index (Phi) is 4.34. The van der Waals surface area contributed by atoms with E-state index in [1.54, 1.807) is 37.7 Å². The van der Waals surface area contributed by atoms with Crippen LogP contribution in [-0.2, 0) is 18.4 Å². The number of piperidine rings is 1. The molecular formula is C19H24N4O2S. The van der Waals surface area contributed by atoms with Gasteiger partial charge in [0.15, 0.2) is 0 Å². The fourth-order valence-electron chi connectivity index (χ4n) is 4.13. The molecule has 1 unspecified atom stereocenters. The van der Waals surface area contributed by atoms with Crippen molar-refractivity contribution in [1.82, 2.24) is 14.5 Å². The van der Waals surface area contributed by atoms with Crippen LogP contribution in [0, 0.1) is 5.41 Å². The van der Waals surface area contributed by atoms with Gasteiger partial charge in [-0.15, -0.1) is 0 Å². The molecule has 1 aliphatic carbocycles. The van der Waals surface area contributed by atoms with Crippen LogP contribution in [-0.4, -0.2) is 39.5 Å². The molecule has 1 aliphatic heterocycles.